The molecule has 0 aliphatic heterocycles. The van der Waals surface area contributed by atoms with Crippen molar-refractivity contribution in [2.45, 2.75) is 0 Å². The molecule has 1 heterocycles. The van der Waals surface area contributed by atoms with E-state index in [2.05, 4.69) is 216 Å². The van der Waals surface area contributed by atoms with Crippen LogP contribution >= 0.6 is 0 Å². The fourth-order valence-corrected chi connectivity index (χ4v) is 7.12. The summed E-state index contributed by atoms with van der Waals surface area (Å²) in [6.45, 7) is 0. The second-order valence-electron chi connectivity index (χ2n) is 12.6. The average Bonchev–Trinajstić information content (AvgIpc) is 3.53. The predicted molar refractivity (Wildman–Crippen MR) is 212 cm³/mol. The van der Waals surface area contributed by atoms with Crippen molar-refractivity contribution in [1.29, 1.82) is 0 Å². The minimum absolute atomic E-state index is 1.12. The summed E-state index contributed by atoms with van der Waals surface area (Å²) in [5.74, 6) is 0. The summed E-state index contributed by atoms with van der Waals surface area (Å²) < 4.78 is 2.36. The summed E-state index contributed by atoms with van der Waals surface area (Å²) in [4.78, 5) is 2.31. The maximum absolute atomic E-state index is 2.36. The summed E-state index contributed by atoms with van der Waals surface area (Å²) in [6.07, 6.45) is 0. The first-order chi connectivity index (χ1) is 24.8. The Hall–Kier alpha value is -6.64. The number of aromatic nitrogens is 1. The van der Waals surface area contributed by atoms with Gasteiger partial charge in [0.1, 0.15) is 0 Å². The van der Waals surface area contributed by atoms with Crippen LogP contribution < -0.4 is 4.90 Å². The van der Waals surface area contributed by atoms with Gasteiger partial charge >= 0.3 is 0 Å². The van der Waals surface area contributed by atoms with Crippen LogP contribution in [0.4, 0.5) is 17.1 Å². The van der Waals surface area contributed by atoms with Gasteiger partial charge in [-0.05, 0) is 100 Å². The molecule has 0 bridgehead atoms. The summed E-state index contributed by atoms with van der Waals surface area (Å²) >= 11 is 0. The van der Waals surface area contributed by atoms with E-state index >= 15 is 0 Å². The van der Waals surface area contributed by atoms with Crippen molar-refractivity contribution in [3.63, 3.8) is 0 Å². The Labute approximate surface area is 292 Å². The van der Waals surface area contributed by atoms with Gasteiger partial charge in [0.25, 0.3) is 0 Å². The van der Waals surface area contributed by atoms with Gasteiger partial charge in [0.05, 0.1) is 11.0 Å². The van der Waals surface area contributed by atoms with Crippen LogP contribution in [0.3, 0.4) is 0 Å². The van der Waals surface area contributed by atoms with Crippen LogP contribution in [0.2, 0.25) is 0 Å². The summed E-state index contributed by atoms with van der Waals surface area (Å²) in [5, 5.41) is 2.53. The first-order valence-electron chi connectivity index (χ1n) is 17.1. The highest BCUT2D eigenvalue weighted by atomic mass is 15.1. The summed E-state index contributed by atoms with van der Waals surface area (Å²) in [7, 11) is 0. The maximum Gasteiger partial charge on any atom is 0.0541 e. The number of rotatable bonds is 7. The Morgan fingerprint density at radius 3 is 1.28 bits per heavy atom. The topological polar surface area (TPSA) is 8.17 Å². The maximum atomic E-state index is 2.36. The Kier molecular flexibility index (Phi) is 7.53. The first-order valence-corrected chi connectivity index (χ1v) is 17.1. The van der Waals surface area contributed by atoms with Crippen LogP contribution in [-0.2, 0) is 0 Å². The Balaban J connectivity index is 1.01. The van der Waals surface area contributed by atoms with Crippen LogP contribution in [-0.4, -0.2) is 4.57 Å². The molecule has 9 rings (SSSR count). The van der Waals surface area contributed by atoms with E-state index < -0.39 is 0 Å². The molecular formula is C48H34N2. The molecular weight excluding hydrogens is 605 g/mol. The van der Waals surface area contributed by atoms with Gasteiger partial charge in [-0.15, -0.1) is 0 Å². The number of para-hydroxylation sites is 3. The average molecular weight is 639 g/mol. The lowest BCUT2D eigenvalue weighted by Gasteiger charge is -2.26. The van der Waals surface area contributed by atoms with Gasteiger partial charge < -0.3 is 9.47 Å². The third-order valence-electron chi connectivity index (χ3n) is 9.61. The smallest absolute Gasteiger partial charge is 0.0541 e. The highest BCUT2D eigenvalue weighted by molar-refractivity contribution is 6.10. The van der Waals surface area contributed by atoms with Crippen LogP contribution in [0.5, 0.6) is 0 Å². The van der Waals surface area contributed by atoms with E-state index in [0.717, 1.165) is 17.1 Å². The van der Waals surface area contributed by atoms with Gasteiger partial charge in [0.2, 0.25) is 0 Å². The molecule has 1 aromatic heterocycles. The molecule has 0 saturated carbocycles. The lowest BCUT2D eigenvalue weighted by atomic mass is 9.98. The van der Waals surface area contributed by atoms with Crippen LogP contribution in [0, 0.1) is 0 Å². The number of hydrogen-bond acceptors (Lipinski definition) is 1. The molecule has 50 heavy (non-hydrogen) atoms. The van der Waals surface area contributed by atoms with E-state index in [0.29, 0.717) is 0 Å². The second-order valence-corrected chi connectivity index (χ2v) is 12.6. The van der Waals surface area contributed by atoms with Crippen molar-refractivity contribution in [2.75, 3.05) is 4.90 Å². The Bertz CT molecular complexity index is 2530. The number of benzene rings is 8. The molecule has 0 amide bonds. The fraction of sp³-hybridized carbons (Fsp3) is 0. The largest absolute Gasteiger partial charge is 0.311 e. The minimum atomic E-state index is 1.12. The van der Waals surface area contributed by atoms with Crippen molar-refractivity contribution < 1.29 is 0 Å². The molecule has 0 aliphatic rings. The van der Waals surface area contributed by atoms with E-state index in [9.17, 15) is 0 Å². The fourth-order valence-electron chi connectivity index (χ4n) is 7.12. The van der Waals surface area contributed by atoms with Crippen LogP contribution in [0.25, 0.3) is 60.9 Å². The third kappa shape index (κ3) is 5.43. The Morgan fingerprint density at radius 2 is 0.680 bits per heavy atom. The van der Waals surface area contributed by atoms with E-state index in [1.165, 1.54) is 60.9 Å². The molecule has 0 aliphatic carbocycles. The summed E-state index contributed by atoms with van der Waals surface area (Å²) in [5.41, 5.74) is 14.2. The molecule has 2 heteroatoms. The number of anilines is 3. The number of fused-ring (bicyclic) bond motifs is 3. The van der Waals surface area contributed by atoms with Crippen molar-refractivity contribution >= 4 is 38.9 Å². The molecule has 236 valence electrons. The van der Waals surface area contributed by atoms with E-state index in [4.69, 9.17) is 0 Å². The van der Waals surface area contributed by atoms with Crippen molar-refractivity contribution in [1.82, 2.24) is 4.57 Å². The SMILES string of the molecule is c1ccc(-c2ccc(N(c3ccccc3)c3ccc(-c4ccc(-c5ccc6c(c5)c5ccccc5n6-c5ccccc5)cc4)cc3)cc2)cc1. The zero-order chi connectivity index (χ0) is 33.3. The second kappa shape index (κ2) is 12.8. The van der Waals surface area contributed by atoms with Crippen molar-refractivity contribution in [3.8, 4) is 39.1 Å². The molecule has 0 N–H and O–H groups in total. The lowest BCUT2D eigenvalue weighted by molar-refractivity contribution is 1.18. The third-order valence-corrected chi connectivity index (χ3v) is 9.61. The lowest BCUT2D eigenvalue weighted by Crippen LogP contribution is -2.09. The zero-order valence-electron chi connectivity index (χ0n) is 27.5. The van der Waals surface area contributed by atoms with Gasteiger partial charge in [0, 0.05) is 33.5 Å². The molecule has 0 unspecified atom stereocenters. The monoisotopic (exact) mass is 638 g/mol. The first kappa shape index (κ1) is 29.5. The quantitative estimate of drug-likeness (QED) is 0.169. The highest BCUT2D eigenvalue weighted by Gasteiger charge is 2.15. The molecule has 0 spiro atoms. The van der Waals surface area contributed by atoms with Gasteiger partial charge in [-0.25, -0.2) is 0 Å². The standard InChI is InChI=1S/C48H34N2/c1-4-12-35(13-5-1)37-24-29-43(30-25-37)49(41-14-6-2-7-15-41)44-31-26-38(27-32-44)36-20-22-39(23-21-36)40-28-33-48-46(34-40)45-18-10-11-19-47(45)50(48)42-16-8-3-9-17-42/h1-34H. The van der Waals surface area contributed by atoms with Gasteiger partial charge in [0.15, 0.2) is 0 Å². The van der Waals surface area contributed by atoms with Crippen LogP contribution in [0.1, 0.15) is 0 Å². The summed E-state index contributed by atoms with van der Waals surface area (Å²) in [6, 6.07) is 73.9. The molecule has 0 radical (unpaired) electrons. The van der Waals surface area contributed by atoms with Gasteiger partial charge in [-0.2, -0.15) is 0 Å². The molecule has 0 saturated heterocycles. The van der Waals surface area contributed by atoms with Crippen molar-refractivity contribution in [2.24, 2.45) is 0 Å². The highest BCUT2D eigenvalue weighted by Crippen LogP contribution is 2.38. The molecule has 8 aromatic carbocycles. The van der Waals surface area contributed by atoms with Gasteiger partial charge in [-0.1, -0.05) is 140 Å². The van der Waals surface area contributed by atoms with E-state index in [1.807, 2.05) is 0 Å². The number of nitrogens with zero attached hydrogens (tertiary/aromatic N) is 2. The van der Waals surface area contributed by atoms with Crippen molar-refractivity contribution in [3.05, 3.63) is 206 Å². The molecule has 0 fully saturated rings. The number of hydrogen-bond donors (Lipinski definition) is 0. The predicted octanol–water partition coefficient (Wildman–Crippen LogP) is 13.3. The molecule has 9 aromatic rings. The van der Waals surface area contributed by atoms with E-state index in [1.54, 1.807) is 0 Å². The zero-order valence-corrected chi connectivity index (χ0v) is 27.5. The Morgan fingerprint density at radius 1 is 0.280 bits per heavy atom. The normalized spacial score (nSPS) is 11.2. The molecule has 0 atom stereocenters. The minimum Gasteiger partial charge on any atom is -0.311 e. The molecule has 2 nitrogen and oxygen atoms in total. The van der Waals surface area contributed by atoms with Crippen LogP contribution in [0.15, 0.2) is 206 Å². The van der Waals surface area contributed by atoms with Gasteiger partial charge in [-0.3, -0.25) is 0 Å². The van der Waals surface area contributed by atoms with E-state index in [-0.39, 0.29) is 0 Å².